The molecule has 1 aromatic heterocycles. The number of aromatic nitrogens is 2. The quantitative estimate of drug-likeness (QED) is 0.466. The first-order valence-electron chi connectivity index (χ1n) is 9.53. The second kappa shape index (κ2) is 9.70. The van der Waals surface area contributed by atoms with Crippen molar-refractivity contribution in [1.29, 1.82) is 10.5 Å². The average molecular weight is 495 g/mol. The van der Waals surface area contributed by atoms with Crippen molar-refractivity contribution in [2.24, 2.45) is 0 Å². The van der Waals surface area contributed by atoms with Gasteiger partial charge < -0.3 is 10.6 Å². The Hall–Kier alpha value is -4.26. The van der Waals surface area contributed by atoms with Crippen molar-refractivity contribution in [3.8, 4) is 12.1 Å². The van der Waals surface area contributed by atoms with E-state index in [1.54, 1.807) is 30.3 Å². The molecular weight excluding hydrogens is 476 g/mol. The summed E-state index contributed by atoms with van der Waals surface area (Å²) in [4.78, 5) is 7.84. The Morgan fingerprint density at radius 1 is 0.912 bits per heavy atom. The molecule has 10 nitrogen and oxygen atoms in total. The highest BCUT2D eigenvalue weighted by Gasteiger charge is 2.24. The minimum atomic E-state index is -3.88. The van der Waals surface area contributed by atoms with Gasteiger partial charge in [0.05, 0.1) is 33.2 Å². The van der Waals surface area contributed by atoms with Gasteiger partial charge in [0.25, 0.3) is 0 Å². The fraction of sp³-hybridized carbons (Fsp3) is 0.0909. The minimum absolute atomic E-state index is 0.140. The maximum Gasteiger partial charge on any atom is 0.229 e. The number of rotatable bonds is 7. The van der Waals surface area contributed by atoms with Crippen LogP contribution in [-0.2, 0) is 19.7 Å². The van der Waals surface area contributed by atoms with Crippen LogP contribution < -0.4 is 10.6 Å². The normalized spacial score (nSPS) is 11.5. The molecule has 0 aliphatic carbocycles. The average Bonchev–Trinajstić information content (AvgIpc) is 2.77. The Kier molecular flexibility index (Phi) is 6.96. The van der Waals surface area contributed by atoms with Gasteiger partial charge in [0, 0.05) is 30.5 Å². The van der Waals surface area contributed by atoms with Crippen molar-refractivity contribution >= 4 is 48.9 Å². The first-order chi connectivity index (χ1) is 16.0. The molecule has 0 fully saturated rings. The molecular formula is C22H18N6O4S2. The summed E-state index contributed by atoms with van der Waals surface area (Å²) >= 11 is 0. The fourth-order valence-electron chi connectivity index (χ4n) is 2.92. The summed E-state index contributed by atoms with van der Waals surface area (Å²) < 4.78 is 50.1. The fourth-order valence-corrected chi connectivity index (χ4v) is 4.75. The van der Waals surface area contributed by atoms with Gasteiger partial charge >= 0.3 is 0 Å². The second-order valence-electron chi connectivity index (χ2n) is 7.10. The molecule has 3 rings (SSSR count). The van der Waals surface area contributed by atoms with Crippen molar-refractivity contribution in [2.75, 3.05) is 23.1 Å². The lowest BCUT2D eigenvalue weighted by molar-refractivity contribution is 0.601. The molecule has 2 aromatic carbocycles. The number of anilines is 4. The Morgan fingerprint density at radius 2 is 1.53 bits per heavy atom. The molecule has 2 N–H and O–H groups in total. The van der Waals surface area contributed by atoms with Gasteiger partial charge in [-0.3, -0.25) is 0 Å². The molecule has 34 heavy (non-hydrogen) atoms. The monoisotopic (exact) mass is 494 g/mol. The molecule has 0 spiro atoms. The van der Waals surface area contributed by atoms with Gasteiger partial charge in [-0.1, -0.05) is 0 Å². The van der Waals surface area contributed by atoms with E-state index in [0.29, 0.717) is 11.3 Å². The standard InChI is InChI=1S/C22H18N6O4S2/c1-33(29,30)18-12-16(4-3-10-23)13-19(34(2,31)32)21(18)27-20-9-11-25-22(28-20)26-17-7-5-15(14-24)6-8-17/h3-9,11-13H,1-2H3,(H2,25,26,27,28). The van der Waals surface area contributed by atoms with Crippen LogP contribution in [-0.4, -0.2) is 39.3 Å². The molecule has 0 unspecified atom stereocenters. The topological polar surface area (TPSA) is 166 Å². The zero-order valence-corrected chi connectivity index (χ0v) is 19.6. The van der Waals surface area contributed by atoms with Gasteiger partial charge in [-0.2, -0.15) is 15.5 Å². The van der Waals surface area contributed by atoms with E-state index in [-0.39, 0.29) is 32.8 Å². The van der Waals surface area contributed by atoms with Crippen LogP contribution in [0, 0.1) is 22.7 Å². The van der Waals surface area contributed by atoms with Gasteiger partial charge in [-0.25, -0.2) is 21.8 Å². The van der Waals surface area contributed by atoms with E-state index in [1.165, 1.54) is 30.5 Å². The van der Waals surface area contributed by atoms with Crippen LogP contribution >= 0.6 is 0 Å². The third-order valence-electron chi connectivity index (χ3n) is 4.42. The van der Waals surface area contributed by atoms with E-state index in [0.717, 1.165) is 18.6 Å². The summed E-state index contributed by atoms with van der Waals surface area (Å²) in [6.07, 6.45) is 5.75. The van der Waals surface area contributed by atoms with Crippen LogP contribution in [0.4, 0.5) is 23.1 Å². The summed E-state index contributed by atoms with van der Waals surface area (Å²) in [7, 11) is -7.76. The van der Waals surface area contributed by atoms with Crippen LogP contribution in [0.15, 0.2) is 64.5 Å². The van der Waals surface area contributed by atoms with E-state index >= 15 is 0 Å². The number of nitriles is 2. The van der Waals surface area contributed by atoms with Gasteiger partial charge in [0.1, 0.15) is 5.82 Å². The SMILES string of the molecule is CS(=O)(=O)c1cc(C=CC#N)cc(S(C)(=O)=O)c1Nc1ccnc(Nc2ccc(C#N)cc2)n1. The lowest BCUT2D eigenvalue weighted by atomic mass is 10.2. The summed E-state index contributed by atoms with van der Waals surface area (Å²) in [6, 6.07) is 14.4. The Balaban J connectivity index is 2.08. The Morgan fingerprint density at radius 3 is 2.06 bits per heavy atom. The van der Waals surface area contributed by atoms with Crippen LogP contribution in [0.3, 0.4) is 0 Å². The number of sulfone groups is 2. The number of nitrogens with zero attached hydrogens (tertiary/aromatic N) is 4. The molecule has 12 heteroatoms. The van der Waals surface area contributed by atoms with E-state index in [1.807, 2.05) is 6.07 Å². The predicted octanol–water partition coefficient (Wildman–Crippen LogP) is 3.18. The van der Waals surface area contributed by atoms with E-state index in [4.69, 9.17) is 10.5 Å². The molecule has 0 aliphatic heterocycles. The summed E-state index contributed by atoms with van der Waals surface area (Å²) in [5.41, 5.74) is 1.16. The Labute approximate surface area is 197 Å². The third kappa shape index (κ3) is 5.95. The summed E-state index contributed by atoms with van der Waals surface area (Å²) in [5, 5.41) is 23.4. The van der Waals surface area contributed by atoms with Crippen LogP contribution in [0.25, 0.3) is 6.08 Å². The van der Waals surface area contributed by atoms with Crippen molar-refractivity contribution in [1.82, 2.24) is 9.97 Å². The van der Waals surface area contributed by atoms with Crippen molar-refractivity contribution in [3.05, 3.63) is 65.9 Å². The number of allylic oxidation sites excluding steroid dienone is 1. The molecule has 0 atom stereocenters. The maximum absolute atomic E-state index is 12.5. The number of hydrogen-bond acceptors (Lipinski definition) is 10. The van der Waals surface area contributed by atoms with Crippen LogP contribution in [0.1, 0.15) is 11.1 Å². The summed E-state index contributed by atoms with van der Waals surface area (Å²) in [5.74, 6) is 0.298. The lowest BCUT2D eigenvalue weighted by Gasteiger charge is -2.16. The van der Waals surface area contributed by atoms with E-state index in [2.05, 4.69) is 20.6 Å². The van der Waals surface area contributed by atoms with Crippen molar-refractivity contribution < 1.29 is 16.8 Å². The van der Waals surface area contributed by atoms with E-state index in [9.17, 15) is 16.8 Å². The van der Waals surface area contributed by atoms with Crippen LogP contribution in [0.5, 0.6) is 0 Å². The van der Waals surface area contributed by atoms with Gasteiger partial charge in [0.15, 0.2) is 19.7 Å². The van der Waals surface area contributed by atoms with Gasteiger partial charge in [-0.05, 0) is 54.1 Å². The Bertz CT molecular complexity index is 1510. The zero-order valence-electron chi connectivity index (χ0n) is 18.0. The highest BCUT2D eigenvalue weighted by atomic mass is 32.2. The number of nitrogens with one attached hydrogen (secondary N) is 2. The second-order valence-corrected chi connectivity index (χ2v) is 11.1. The first kappa shape index (κ1) is 24.4. The molecule has 0 bridgehead atoms. The molecule has 172 valence electrons. The molecule has 3 aromatic rings. The molecule has 0 saturated heterocycles. The first-order valence-corrected chi connectivity index (χ1v) is 13.3. The minimum Gasteiger partial charge on any atom is -0.338 e. The van der Waals surface area contributed by atoms with Crippen LogP contribution in [0.2, 0.25) is 0 Å². The smallest absolute Gasteiger partial charge is 0.229 e. The number of benzene rings is 2. The summed E-state index contributed by atoms with van der Waals surface area (Å²) in [6.45, 7) is 0. The molecule has 0 radical (unpaired) electrons. The highest BCUT2D eigenvalue weighted by molar-refractivity contribution is 7.91. The van der Waals surface area contributed by atoms with E-state index < -0.39 is 19.7 Å². The molecule has 0 amide bonds. The molecule has 0 aliphatic rings. The lowest BCUT2D eigenvalue weighted by Crippen LogP contribution is -2.11. The largest absolute Gasteiger partial charge is 0.338 e. The molecule has 0 saturated carbocycles. The maximum atomic E-state index is 12.5. The van der Waals surface area contributed by atoms with Crippen molar-refractivity contribution in [2.45, 2.75) is 9.79 Å². The number of hydrogen-bond donors (Lipinski definition) is 2. The van der Waals surface area contributed by atoms with Crippen molar-refractivity contribution in [3.63, 3.8) is 0 Å². The zero-order chi connectivity index (χ0) is 24.9. The third-order valence-corrected chi connectivity index (χ3v) is 6.66. The highest BCUT2D eigenvalue weighted by Crippen LogP contribution is 2.34. The molecule has 1 heterocycles. The predicted molar refractivity (Wildman–Crippen MR) is 127 cm³/mol. The van der Waals surface area contributed by atoms with Gasteiger partial charge in [0.2, 0.25) is 5.95 Å². The van der Waals surface area contributed by atoms with Gasteiger partial charge in [-0.15, -0.1) is 0 Å².